The van der Waals surface area contributed by atoms with Gasteiger partial charge in [-0.05, 0) is 13.0 Å². The Bertz CT molecular complexity index is 718. The van der Waals surface area contributed by atoms with Gasteiger partial charge in [0.1, 0.15) is 9.84 Å². The molecule has 2 N–H and O–H groups in total. The third-order valence-corrected chi connectivity index (χ3v) is 5.66. The van der Waals surface area contributed by atoms with Crippen LogP contribution in [0.4, 0.5) is 0 Å². The summed E-state index contributed by atoms with van der Waals surface area (Å²) in [6, 6.07) is 1.22. The van der Waals surface area contributed by atoms with Gasteiger partial charge in [0.05, 0.1) is 15.5 Å². The Kier molecular flexibility index (Phi) is 4.95. The molecule has 0 unspecified atom stereocenters. The maximum Gasteiger partial charge on any atom is 0.263 e. The van der Waals surface area contributed by atoms with E-state index in [1.165, 1.54) is 18.0 Å². The van der Waals surface area contributed by atoms with E-state index in [0.717, 1.165) is 17.6 Å². The second-order valence-electron chi connectivity index (χ2n) is 4.43. The summed E-state index contributed by atoms with van der Waals surface area (Å²) >= 11 is 1.01. The normalized spacial score (nSPS) is 12.4. The molecule has 1 heterocycles. The highest BCUT2D eigenvalue weighted by atomic mass is 32.2. The van der Waals surface area contributed by atoms with Gasteiger partial charge in [0.2, 0.25) is 10.0 Å². The number of carbonyl (C=O) groups is 1. The van der Waals surface area contributed by atoms with Crippen LogP contribution in [0.2, 0.25) is 0 Å². The monoisotopic (exact) mass is 340 g/mol. The highest BCUT2D eigenvalue weighted by Crippen LogP contribution is 2.25. The molecule has 0 aliphatic rings. The maximum atomic E-state index is 12.1. The Morgan fingerprint density at radius 1 is 1.35 bits per heavy atom. The minimum atomic E-state index is -3.86. The van der Waals surface area contributed by atoms with Crippen LogP contribution in [0.1, 0.15) is 14.5 Å². The Labute approximate surface area is 122 Å². The summed E-state index contributed by atoms with van der Waals surface area (Å²) in [4.78, 5) is 13.8. The standard InChI is InChI=1S/C10H16N2O5S3/c1-7-9(20(11,16)17)6-8(18-7)10(13)12(2)4-5-19(3,14)15/h6H,4-5H2,1-3H3,(H2,11,16,17). The zero-order chi connectivity index (χ0) is 15.7. The molecule has 1 rings (SSSR count). The summed E-state index contributed by atoms with van der Waals surface area (Å²) in [6.07, 6.45) is 1.08. The molecule has 1 aromatic heterocycles. The quantitative estimate of drug-likeness (QED) is 0.798. The second kappa shape index (κ2) is 5.80. The highest BCUT2D eigenvalue weighted by Gasteiger charge is 2.21. The van der Waals surface area contributed by atoms with Crippen molar-refractivity contribution in [1.82, 2.24) is 4.90 Å². The third kappa shape index (κ3) is 4.54. The van der Waals surface area contributed by atoms with Crippen LogP contribution in [0.25, 0.3) is 0 Å². The minimum Gasteiger partial charge on any atom is -0.340 e. The molecule has 0 saturated heterocycles. The van der Waals surface area contributed by atoms with E-state index in [0.29, 0.717) is 4.88 Å². The number of rotatable bonds is 5. The van der Waals surface area contributed by atoms with Gasteiger partial charge in [-0.15, -0.1) is 11.3 Å². The number of sulfone groups is 1. The molecule has 0 aliphatic carbocycles. The zero-order valence-corrected chi connectivity index (χ0v) is 13.7. The van der Waals surface area contributed by atoms with Gasteiger partial charge in [-0.1, -0.05) is 0 Å². The molecule has 0 spiro atoms. The number of aryl methyl sites for hydroxylation is 1. The van der Waals surface area contributed by atoms with Gasteiger partial charge in [-0.3, -0.25) is 4.79 Å². The lowest BCUT2D eigenvalue weighted by molar-refractivity contribution is 0.0808. The van der Waals surface area contributed by atoms with Crippen LogP contribution >= 0.6 is 11.3 Å². The van der Waals surface area contributed by atoms with Gasteiger partial charge in [0.25, 0.3) is 5.91 Å². The van der Waals surface area contributed by atoms with Crippen molar-refractivity contribution >= 4 is 37.1 Å². The smallest absolute Gasteiger partial charge is 0.263 e. The first-order chi connectivity index (χ1) is 8.92. The first-order valence-electron chi connectivity index (χ1n) is 5.48. The second-order valence-corrected chi connectivity index (χ2v) is 9.48. The molecule has 0 aliphatic heterocycles. The van der Waals surface area contributed by atoms with Crippen molar-refractivity contribution in [2.75, 3.05) is 25.6 Å². The summed E-state index contributed by atoms with van der Waals surface area (Å²) in [5.74, 6) is -0.585. The predicted octanol–water partition coefficient (Wildman–Crippen LogP) is -0.179. The Morgan fingerprint density at radius 2 is 1.90 bits per heavy atom. The first kappa shape index (κ1) is 17.1. The van der Waals surface area contributed by atoms with Crippen LogP contribution < -0.4 is 5.14 Å². The minimum absolute atomic E-state index is 0.0410. The van der Waals surface area contributed by atoms with Gasteiger partial charge < -0.3 is 4.90 Å². The van der Waals surface area contributed by atoms with E-state index in [-0.39, 0.29) is 22.1 Å². The lowest BCUT2D eigenvalue weighted by Crippen LogP contribution is -2.30. The molecular formula is C10H16N2O5S3. The summed E-state index contributed by atoms with van der Waals surface area (Å²) in [7, 11) is -5.57. The molecule has 0 saturated carbocycles. The number of nitrogens with zero attached hydrogens (tertiary/aromatic N) is 1. The van der Waals surface area contributed by atoms with E-state index >= 15 is 0 Å². The van der Waals surface area contributed by atoms with E-state index in [4.69, 9.17) is 5.14 Å². The molecule has 0 radical (unpaired) electrons. The van der Waals surface area contributed by atoms with E-state index in [1.807, 2.05) is 0 Å². The fourth-order valence-electron chi connectivity index (χ4n) is 1.45. The largest absolute Gasteiger partial charge is 0.340 e. The number of amides is 1. The average Bonchev–Trinajstić information content (AvgIpc) is 2.65. The van der Waals surface area contributed by atoms with E-state index in [2.05, 4.69) is 0 Å². The van der Waals surface area contributed by atoms with Gasteiger partial charge >= 0.3 is 0 Å². The molecule has 1 aromatic rings. The van der Waals surface area contributed by atoms with Crippen molar-refractivity contribution < 1.29 is 21.6 Å². The summed E-state index contributed by atoms with van der Waals surface area (Å²) < 4.78 is 44.7. The molecule has 0 bridgehead atoms. The lowest BCUT2D eigenvalue weighted by atomic mass is 10.4. The van der Waals surface area contributed by atoms with Gasteiger partial charge in [0.15, 0.2) is 0 Å². The first-order valence-corrected chi connectivity index (χ1v) is 9.90. The predicted molar refractivity (Wildman–Crippen MR) is 77.1 cm³/mol. The number of primary sulfonamides is 1. The molecule has 1 amide bonds. The number of thiophene rings is 1. The van der Waals surface area contributed by atoms with E-state index < -0.39 is 25.8 Å². The molecule has 7 nitrogen and oxygen atoms in total. The van der Waals surface area contributed by atoms with Gasteiger partial charge in [-0.2, -0.15) is 0 Å². The van der Waals surface area contributed by atoms with Crippen molar-refractivity contribution in [3.05, 3.63) is 15.8 Å². The lowest BCUT2D eigenvalue weighted by Gasteiger charge is -2.15. The summed E-state index contributed by atoms with van der Waals surface area (Å²) in [5.41, 5.74) is 0. The molecule has 0 fully saturated rings. The van der Waals surface area contributed by atoms with E-state index in [9.17, 15) is 21.6 Å². The fourth-order valence-corrected chi connectivity index (χ4v) is 4.19. The number of carbonyl (C=O) groups excluding carboxylic acids is 1. The van der Waals surface area contributed by atoms with Crippen LogP contribution in [0, 0.1) is 6.92 Å². The van der Waals surface area contributed by atoms with Crippen molar-refractivity contribution in [2.24, 2.45) is 5.14 Å². The zero-order valence-electron chi connectivity index (χ0n) is 11.3. The van der Waals surface area contributed by atoms with Crippen LogP contribution in [-0.2, 0) is 19.9 Å². The van der Waals surface area contributed by atoms with Crippen molar-refractivity contribution in [1.29, 1.82) is 0 Å². The highest BCUT2D eigenvalue weighted by molar-refractivity contribution is 7.90. The SMILES string of the molecule is Cc1sc(C(=O)N(C)CCS(C)(=O)=O)cc1S(N)(=O)=O. The van der Waals surface area contributed by atoms with Crippen molar-refractivity contribution in [3.63, 3.8) is 0 Å². The van der Waals surface area contributed by atoms with Crippen LogP contribution in [-0.4, -0.2) is 53.2 Å². The fraction of sp³-hybridized carbons (Fsp3) is 0.500. The van der Waals surface area contributed by atoms with Gasteiger partial charge in [-0.25, -0.2) is 22.0 Å². The number of nitrogens with two attached hydrogens (primary N) is 1. The summed E-state index contributed by atoms with van der Waals surface area (Å²) in [5, 5.41) is 5.04. The summed E-state index contributed by atoms with van der Waals surface area (Å²) in [6.45, 7) is 1.59. The molecule has 20 heavy (non-hydrogen) atoms. The topological polar surface area (TPSA) is 115 Å². The molecular weight excluding hydrogens is 324 g/mol. The van der Waals surface area contributed by atoms with Crippen molar-refractivity contribution in [3.8, 4) is 0 Å². The maximum absolute atomic E-state index is 12.1. The molecule has 114 valence electrons. The van der Waals surface area contributed by atoms with Crippen molar-refractivity contribution in [2.45, 2.75) is 11.8 Å². The van der Waals surface area contributed by atoms with Crippen LogP contribution in [0.3, 0.4) is 0 Å². The third-order valence-electron chi connectivity index (χ3n) is 2.53. The Morgan fingerprint density at radius 3 is 2.30 bits per heavy atom. The average molecular weight is 340 g/mol. The Balaban J connectivity index is 2.94. The number of hydrogen-bond acceptors (Lipinski definition) is 6. The Hall–Kier alpha value is -0.970. The van der Waals surface area contributed by atoms with Gasteiger partial charge in [0, 0.05) is 24.7 Å². The number of sulfonamides is 1. The molecule has 10 heteroatoms. The molecule has 0 aromatic carbocycles. The van der Waals surface area contributed by atoms with Crippen LogP contribution in [0.5, 0.6) is 0 Å². The molecule has 0 atom stereocenters. The van der Waals surface area contributed by atoms with Crippen LogP contribution in [0.15, 0.2) is 11.0 Å². The number of hydrogen-bond donors (Lipinski definition) is 1. The van der Waals surface area contributed by atoms with E-state index in [1.54, 1.807) is 6.92 Å².